The summed E-state index contributed by atoms with van der Waals surface area (Å²) in [5, 5.41) is 5.98. The Morgan fingerprint density at radius 3 is 1.97 bits per heavy atom. The second-order valence-electron chi connectivity index (χ2n) is 7.39. The van der Waals surface area contributed by atoms with Crippen molar-refractivity contribution in [1.82, 2.24) is 15.1 Å². The monoisotopic (exact) mass is 413 g/mol. The molecule has 3 aromatic carbocycles. The number of benzene rings is 3. The molecule has 0 aliphatic rings. The Labute approximate surface area is 179 Å². The zero-order valence-electron chi connectivity index (χ0n) is 17.0. The minimum Gasteiger partial charge on any atom is -0.354 e. The van der Waals surface area contributed by atoms with Gasteiger partial charge in [-0.3, -0.25) is 19.5 Å². The summed E-state index contributed by atoms with van der Waals surface area (Å²) in [4.78, 5) is 37.3. The zero-order chi connectivity index (χ0) is 21.6. The lowest BCUT2D eigenvalue weighted by Gasteiger charge is -2.18. The highest BCUT2D eigenvalue weighted by molar-refractivity contribution is 5.81. The Hall–Kier alpha value is -3.93. The minimum absolute atomic E-state index is 0.144. The maximum absolute atomic E-state index is 12.6. The molecule has 0 saturated heterocycles. The highest BCUT2D eigenvalue weighted by Crippen LogP contribution is 2.27. The van der Waals surface area contributed by atoms with Crippen LogP contribution in [0, 0.1) is 0 Å². The van der Waals surface area contributed by atoms with Crippen molar-refractivity contribution in [2.45, 2.75) is 18.9 Å². The molecule has 0 aliphatic heterocycles. The van der Waals surface area contributed by atoms with E-state index < -0.39 is 11.1 Å². The van der Waals surface area contributed by atoms with E-state index in [0.717, 1.165) is 4.68 Å². The third kappa shape index (κ3) is 4.64. The van der Waals surface area contributed by atoms with Crippen LogP contribution in [0.15, 0.2) is 94.5 Å². The smallest absolute Gasteiger partial charge is 0.273 e. The van der Waals surface area contributed by atoms with Crippen LogP contribution >= 0.6 is 0 Å². The molecule has 1 aromatic heterocycles. The normalized spacial score (nSPS) is 11.0. The average molecular weight is 413 g/mol. The number of hydrogen-bond acceptors (Lipinski definition) is 3. The third-order valence-electron chi connectivity index (χ3n) is 5.34. The molecule has 6 nitrogen and oxygen atoms in total. The van der Waals surface area contributed by atoms with Crippen molar-refractivity contribution >= 4 is 16.7 Å². The van der Waals surface area contributed by atoms with E-state index in [9.17, 15) is 14.4 Å². The topological polar surface area (TPSA) is 84.0 Å². The predicted molar refractivity (Wildman–Crippen MR) is 121 cm³/mol. The molecule has 4 aromatic rings. The van der Waals surface area contributed by atoms with Crippen LogP contribution in [0.25, 0.3) is 10.8 Å². The lowest BCUT2D eigenvalue weighted by atomic mass is 9.88. The van der Waals surface area contributed by atoms with Crippen LogP contribution in [0.5, 0.6) is 0 Å². The van der Waals surface area contributed by atoms with Crippen molar-refractivity contribution in [3.05, 3.63) is 117 Å². The van der Waals surface area contributed by atoms with Gasteiger partial charge >= 0.3 is 0 Å². The maximum Gasteiger partial charge on any atom is 0.273 e. The van der Waals surface area contributed by atoms with Gasteiger partial charge in [-0.15, -0.1) is 0 Å². The third-order valence-corrected chi connectivity index (χ3v) is 5.34. The van der Waals surface area contributed by atoms with Gasteiger partial charge in [0.1, 0.15) is 6.54 Å². The molecule has 2 N–H and O–H groups in total. The summed E-state index contributed by atoms with van der Waals surface area (Å²) in [6.45, 7) is 0.208. The molecule has 0 bridgehead atoms. The van der Waals surface area contributed by atoms with Gasteiger partial charge in [-0.2, -0.15) is 0 Å². The fraction of sp³-hybridized carbons (Fsp3) is 0.160. The van der Waals surface area contributed by atoms with E-state index in [2.05, 4.69) is 34.7 Å². The maximum atomic E-state index is 12.6. The quantitative estimate of drug-likeness (QED) is 0.488. The van der Waals surface area contributed by atoms with Gasteiger partial charge in [0.25, 0.3) is 11.1 Å². The first-order chi connectivity index (χ1) is 15.1. The number of amides is 1. The second-order valence-corrected chi connectivity index (χ2v) is 7.39. The van der Waals surface area contributed by atoms with Crippen LogP contribution in [0.3, 0.4) is 0 Å². The summed E-state index contributed by atoms with van der Waals surface area (Å²) in [6.07, 6.45) is 0.711. The van der Waals surface area contributed by atoms with Gasteiger partial charge in [-0.05, 0) is 29.7 Å². The summed E-state index contributed by atoms with van der Waals surface area (Å²) in [7, 11) is 0. The highest BCUT2D eigenvalue weighted by Gasteiger charge is 2.15. The van der Waals surface area contributed by atoms with Crippen LogP contribution in [0.4, 0.5) is 0 Å². The number of H-pyrrole nitrogens is 1. The van der Waals surface area contributed by atoms with Crippen molar-refractivity contribution in [2.75, 3.05) is 6.54 Å². The number of hydrogen-bond donors (Lipinski definition) is 2. The fourth-order valence-electron chi connectivity index (χ4n) is 3.81. The average Bonchev–Trinajstić information content (AvgIpc) is 2.81. The second kappa shape index (κ2) is 9.26. The molecule has 1 amide bonds. The molecule has 31 heavy (non-hydrogen) atoms. The van der Waals surface area contributed by atoms with Gasteiger partial charge in [0.15, 0.2) is 0 Å². The van der Waals surface area contributed by atoms with Crippen molar-refractivity contribution in [1.29, 1.82) is 0 Å². The van der Waals surface area contributed by atoms with E-state index in [-0.39, 0.29) is 18.4 Å². The highest BCUT2D eigenvalue weighted by atomic mass is 16.2. The number of aromatic nitrogens is 2. The molecule has 4 rings (SSSR count). The number of carbonyl (C=O) groups excluding carboxylic acids is 1. The summed E-state index contributed by atoms with van der Waals surface area (Å²) < 4.78 is 1.06. The van der Waals surface area contributed by atoms with E-state index in [0.29, 0.717) is 23.7 Å². The molecule has 0 radical (unpaired) electrons. The van der Waals surface area contributed by atoms with E-state index in [1.165, 1.54) is 11.1 Å². The first kappa shape index (κ1) is 20.3. The molecular weight excluding hydrogens is 390 g/mol. The van der Waals surface area contributed by atoms with E-state index in [4.69, 9.17) is 0 Å². The molecule has 0 fully saturated rings. The Balaban J connectivity index is 1.45. The Morgan fingerprint density at radius 1 is 0.806 bits per heavy atom. The zero-order valence-corrected chi connectivity index (χ0v) is 17.0. The van der Waals surface area contributed by atoms with E-state index in [1.807, 2.05) is 36.4 Å². The van der Waals surface area contributed by atoms with Gasteiger partial charge < -0.3 is 5.32 Å². The Kier molecular flexibility index (Phi) is 6.08. The van der Waals surface area contributed by atoms with Crippen LogP contribution in [-0.4, -0.2) is 22.2 Å². The summed E-state index contributed by atoms with van der Waals surface area (Å²) in [5.74, 6) is -0.182. The number of carbonyl (C=O) groups is 1. The number of rotatable bonds is 7. The standard InChI is InChI=1S/C25H23N3O3/c29-23(17-28-25(31)22-14-8-7-13-21(22)24(30)27-28)26-16-15-20(18-9-3-1-4-10-18)19-11-5-2-6-12-19/h1-14,20H,15-17H2,(H,26,29)(H,27,30). The summed E-state index contributed by atoms with van der Waals surface area (Å²) >= 11 is 0. The van der Waals surface area contributed by atoms with E-state index >= 15 is 0 Å². The number of fused-ring (bicyclic) bond motifs is 1. The number of aromatic amines is 1. The van der Waals surface area contributed by atoms with Gasteiger partial charge in [-0.25, -0.2) is 4.68 Å². The molecule has 6 heteroatoms. The fourth-order valence-corrected chi connectivity index (χ4v) is 3.81. The lowest BCUT2D eigenvalue weighted by Crippen LogP contribution is -2.37. The van der Waals surface area contributed by atoms with Crippen molar-refractivity contribution in [3.8, 4) is 0 Å². The van der Waals surface area contributed by atoms with Crippen LogP contribution < -0.4 is 16.4 Å². The molecule has 0 atom stereocenters. The molecule has 1 heterocycles. The molecule has 0 aliphatic carbocycles. The van der Waals surface area contributed by atoms with Crippen LogP contribution in [0.2, 0.25) is 0 Å². The summed E-state index contributed by atoms with van der Waals surface area (Å²) in [5.41, 5.74) is 1.57. The van der Waals surface area contributed by atoms with Gasteiger partial charge in [0.05, 0.1) is 10.8 Å². The Bertz CT molecular complexity index is 1250. The number of nitrogens with one attached hydrogen (secondary N) is 2. The van der Waals surface area contributed by atoms with Crippen molar-refractivity contribution in [2.24, 2.45) is 0 Å². The summed E-state index contributed by atoms with van der Waals surface area (Å²) in [6, 6.07) is 26.9. The van der Waals surface area contributed by atoms with Gasteiger partial charge in [0, 0.05) is 12.5 Å². The van der Waals surface area contributed by atoms with Gasteiger partial charge in [-0.1, -0.05) is 72.8 Å². The molecular formula is C25H23N3O3. The first-order valence-corrected chi connectivity index (χ1v) is 10.2. The molecule has 0 unspecified atom stereocenters. The predicted octanol–water partition coefficient (Wildman–Crippen LogP) is 3.03. The molecule has 156 valence electrons. The van der Waals surface area contributed by atoms with Crippen LogP contribution in [0.1, 0.15) is 23.5 Å². The van der Waals surface area contributed by atoms with Crippen molar-refractivity contribution in [3.63, 3.8) is 0 Å². The lowest BCUT2D eigenvalue weighted by molar-refractivity contribution is -0.121. The van der Waals surface area contributed by atoms with Crippen LogP contribution in [-0.2, 0) is 11.3 Å². The van der Waals surface area contributed by atoms with E-state index in [1.54, 1.807) is 24.3 Å². The minimum atomic E-state index is -0.392. The van der Waals surface area contributed by atoms with Gasteiger partial charge in [0.2, 0.25) is 5.91 Å². The molecule has 0 saturated carbocycles. The number of nitrogens with zero attached hydrogens (tertiary/aromatic N) is 1. The molecule has 0 spiro atoms. The largest absolute Gasteiger partial charge is 0.354 e. The Morgan fingerprint density at radius 2 is 1.35 bits per heavy atom. The SMILES string of the molecule is O=C(Cn1[nH]c(=O)c2ccccc2c1=O)NCCC(c1ccccc1)c1ccccc1. The first-order valence-electron chi connectivity index (χ1n) is 10.2. The van der Waals surface area contributed by atoms with Crippen molar-refractivity contribution < 1.29 is 4.79 Å².